The van der Waals surface area contributed by atoms with Crippen LogP contribution in [0, 0.1) is 0 Å². The van der Waals surface area contributed by atoms with Crippen LogP contribution in [0.4, 0.5) is 0 Å². The number of benzene rings is 23. The molecule has 26 aromatic rings. The topological polar surface area (TPSA) is 77.3 Å². The van der Waals surface area contributed by atoms with Gasteiger partial charge in [0, 0.05) is 33.4 Å². The number of hydrogen-bond acceptors (Lipinski definition) is 6. The smallest absolute Gasteiger partial charge is 0.0973 e. The van der Waals surface area contributed by atoms with Gasteiger partial charge in [0.2, 0.25) is 0 Å². The molecule has 0 bridgehead atoms. The summed E-state index contributed by atoms with van der Waals surface area (Å²) in [5.41, 5.74) is 21.8. The molecule has 584 valence electrons. The van der Waals surface area contributed by atoms with Crippen LogP contribution >= 0.6 is 0 Å². The fraction of sp³-hybridized carbons (Fsp3) is 0. The van der Waals surface area contributed by atoms with Crippen LogP contribution < -0.4 is 0 Å². The van der Waals surface area contributed by atoms with Gasteiger partial charge in [0.25, 0.3) is 0 Å². The van der Waals surface area contributed by atoms with Crippen LogP contribution in [0.15, 0.2) is 449 Å². The molecule has 0 fully saturated rings. The lowest BCUT2D eigenvalue weighted by Gasteiger charge is -2.14. The third-order valence-electron chi connectivity index (χ3n) is 25.2. The highest BCUT2D eigenvalue weighted by Gasteiger charge is 2.22. The molecule has 0 saturated heterocycles. The number of aromatic nitrogens is 6. The van der Waals surface area contributed by atoms with Gasteiger partial charge in [-0.1, -0.05) is 382 Å². The zero-order chi connectivity index (χ0) is 83.1. The largest absolute Gasteiger partial charge is 0.244 e. The Morgan fingerprint density at radius 1 is 0.103 bits per heavy atom. The zero-order valence-electron chi connectivity index (χ0n) is 68.4. The molecule has 126 heavy (non-hydrogen) atoms. The van der Waals surface area contributed by atoms with Crippen LogP contribution in [-0.4, -0.2) is 29.9 Å². The van der Waals surface area contributed by atoms with Crippen molar-refractivity contribution in [2.75, 3.05) is 0 Å². The van der Waals surface area contributed by atoms with Crippen molar-refractivity contribution in [1.82, 2.24) is 29.9 Å². The highest BCUT2D eigenvalue weighted by Crippen LogP contribution is 2.45. The molecular weight excluding hydrogens is 1530 g/mol. The summed E-state index contributed by atoms with van der Waals surface area (Å²) in [6, 6.07) is 160. The lowest BCUT2D eigenvalue weighted by atomic mass is 9.92. The molecule has 0 atom stereocenters. The first-order valence-electron chi connectivity index (χ1n) is 42.9. The van der Waals surface area contributed by atoms with Crippen LogP contribution in [0.1, 0.15) is 0 Å². The first-order valence-corrected chi connectivity index (χ1v) is 42.9. The maximum atomic E-state index is 5.25. The Morgan fingerprint density at radius 2 is 0.333 bits per heavy atom. The molecule has 0 spiro atoms. The van der Waals surface area contributed by atoms with E-state index in [0.717, 1.165) is 112 Å². The van der Waals surface area contributed by atoms with Gasteiger partial charge in [-0.3, -0.25) is 0 Å². The lowest BCUT2D eigenvalue weighted by Crippen LogP contribution is -1.96. The molecule has 0 unspecified atom stereocenters. The number of rotatable bonds is 8. The van der Waals surface area contributed by atoms with E-state index in [1.807, 2.05) is 84.9 Å². The van der Waals surface area contributed by atoms with Crippen LogP contribution in [0.3, 0.4) is 0 Å². The third-order valence-corrected chi connectivity index (χ3v) is 25.2. The van der Waals surface area contributed by atoms with Gasteiger partial charge in [-0.15, -0.1) is 0 Å². The lowest BCUT2D eigenvalue weighted by molar-refractivity contribution is 1.29. The fourth-order valence-corrected chi connectivity index (χ4v) is 19.1. The number of hydrogen-bond donors (Lipinski definition) is 0. The Kier molecular flexibility index (Phi) is 17.8. The summed E-state index contributed by atoms with van der Waals surface area (Å²) in [6.45, 7) is 0. The highest BCUT2D eigenvalue weighted by molar-refractivity contribution is 6.28. The normalized spacial score (nSPS) is 11.7. The molecule has 3 aromatic heterocycles. The van der Waals surface area contributed by atoms with Gasteiger partial charge in [-0.2, -0.15) is 0 Å². The SMILES string of the molecule is c1ccc(-c2cccc(-c3nc4ccccc4nc3-c3ccc4c(ccc5ccc6c7ccccc7ccc6c54)c3)c2)cc1.c1ccc(-c2cccc(-c3nc4ccccc4nc3-c3ccc4ccc5ccc6c7ccccc7ccc6c5c4c3)c2)cc1.c1ccc(-c2nc3ccccc3nc2-c2ccc3c(ccc4ccc5c6ccccc6ccc5c43)c2)cc1. The van der Waals surface area contributed by atoms with E-state index in [0.29, 0.717) is 0 Å². The van der Waals surface area contributed by atoms with Gasteiger partial charge in [-0.05, 0) is 218 Å². The summed E-state index contributed by atoms with van der Waals surface area (Å²) in [7, 11) is 0. The second kappa shape index (κ2) is 30.7. The van der Waals surface area contributed by atoms with Crippen molar-refractivity contribution >= 4 is 162 Å². The van der Waals surface area contributed by atoms with Crippen LogP contribution in [0.2, 0.25) is 0 Å². The molecule has 0 aliphatic rings. The number of fused-ring (bicyclic) bond motifs is 24. The van der Waals surface area contributed by atoms with Crippen molar-refractivity contribution in [3.8, 4) is 89.8 Å². The molecular formula is C120H74N6. The maximum Gasteiger partial charge on any atom is 0.0973 e. The molecule has 0 aliphatic heterocycles. The Balaban J connectivity index is 0.000000106. The molecule has 0 amide bonds. The van der Waals surface area contributed by atoms with Gasteiger partial charge in [0.1, 0.15) is 0 Å². The Morgan fingerprint density at radius 3 is 0.714 bits per heavy atom. The van der Waals surface area contributed by atoms with Crippen molar-refractivity contribution in [3.05, 3.63) is 449 Å². The number of nitrogens with zero attached hydrogens (tertiary/aromatic N) is 6. The molecule has 3 heterocycles. The standard InChI is InChI=1S/2C42H26N2.C36H22N2/c1-2-9-27(10-3-1)31-12-8-13-32(25-31)41-42(44-39-16-7-6-15-38(39)43-41)33-20-18-29-17-19-30-22-23-35-34-14-5-4-11-28(34)21-24-36(35)40(30)37(29)26-33;1-2-9-27(10-3-1)30-12-8-13-32(25-30)41-42(44-39-16-7-6-15-38(39)43-41)33-21-22-35-31(26-33)18-17-29-20-23-36-34-14-5-4-11-28(34)19-24-37(36)40(29)35;1-2-9-25(10-3-1)35-36(38-33-13-7-6-12-32(33)37-35)27-18-19-29-26(22-27)15-14-24-17-20-30-28-11-5-4-8-23(28)16-21-31(30)34(24)29/h2*1-26H;1-22H. The summed E-state index contributed by atoms with van der Waals surface area (Å²) in [4.78, 5) is 31.1. The minimum atomic E-state index is 0.886. The molecule has 0 N–H and O–H groups in total. The van der Waals surface area contributed by atoms with Crippen LogP contribution in [0.25, 0.3) is 252 Å². The van der Waals surface area contributed by atoms with Gasteiger partial charge < -0.3 is 0 Å². The maximum absolute atomic E-state index is 5.25. The summed E-state index contributed by atoms with van der Waals surface area (Å²) in [5, 5.41) is 30.2. The second-order valence-corrected chi connectivity index (χ2v) is 32.6. The fourth-order valence-electron chi connectivity index (χ4n) is 19.1. The molecule has 0 aliphatic carbocycles. The van der Waals surface area contributed by atoms with Crippen LogP contribution in [-0.2, 0) is 0 Å². The summed E-state index contributed by atoms with van der Waals surface area (Å²) >= 11 is 0. The van der Waals surface area contributed by atoms with Gasteiger partial charge in [0.15, 0.2) is 0 Å². The third kappa shape index (κ3) is 13.0. The summed E-state index contributed by atoms with van der Waals surface area (Å²) < 4.78 is 0. The summed E-state index contributed by atoms with van der Waals surface area (Å²) in [6.07, 6.45) is 0. The van der Waals surface area contributed by atoms with E-state index in [9.17, 15) is 0 Å². The Hall–Kier alpha value is -16.8. The quantitative estimate of drug-likeness (QED) is 0.141. The molecule has 23 aromatic carbocycles. The minimum Gasteiger partial charge on any atom is -0.244 e. The van der Waals surface area contributed by atoms with E-state index in [-0.39, 0.29) is 0 Å². The van der Waals surface area contributed by atoms with Gasteiger partial charge in [0.05, 0.1) is 67.3 Å². The van der Waals surface area contributed by atoms with E-state index in [2.05, 4.69) is 364 Å². The second-order valence-electron chi connectivity index (χ2n) is 32.6. The molecule has 26 rings (SSSR count). The molecule has 0 saturated carbocycles. The average molecular weight is 1600 g/mol. The highest BCUT2D eigenvalue weighted by atomic mass is 14.8. The van der Waals surface area contributed by atoms with Crippen LogP contribution in [0.5, 0.6) is 0 Å². The number of para-hydroxylation sites is 6. The zero-order valence-corrected chi connectivity index (χ0v) is 68.4. The predicted octanol–water partition coefficient (Wildman–Crippen LogP) is 32.1. The molecule has 0 radical (unpaired) electrons. The average Bonchev–Trinajstić information content (AvgIpc) is 0.744. The first kappa shape index (κ1) is 73.1. The van der Waals surface area contributed by atoms with E-state index >= 15 is 0 Å². The van der Waals surface area contributed by atoms with Crippen molar-refractivity contribution in [2.45, 2.75) is 0 Å². The molecule has 6 heteroatoms. The monoisotopic (exact) mass is 1600 g/mol. The Bertz CT molecular complexity index is 8920. The van der Waals surface area contributed by atoms with Crippen molar-refractivity contribution in [1.29, 1.82) is 0 Å². The minimum absolute atomic E-state index is 0.886. The van der Waals surface area contributed by atoms with Crippen molar-refractivity contribution < 1.29 is 0 Å². The predicted molar refractivity (Wildman–Crippen MR) is 532 cm³/mol. The van der Waals surface area contributed by atoms with Crippen molar-refractivity contribution in [2.24, 2.45) is 0 Å². The van der Waals surface area contributed by atoms with E-state index in [1.165, 1.54) is 140 Å². The van der Waals surface area contributed by atoms with E-state index in [4.69, 9.17) is 29.9 Å². The van der Waals surface area contributed by atoms with Crippen molar-refractivity contribution in [3.63, 3.8) is 0 Å². The van der Waals surface area contributed by atoms with Gasteiger partial charge >= 0.3 is 0 Å². The summed E-state index contributed by atoms with van der Waals surface area (Å²) in [5.74, 6) is 0. The van der Waals surface area contributed by atoms with E-state index in [1.54, 1.807) is 0 Å². The Labute approximate surface area is 726 Å². The first-order chi connectivity index (χ1) is 62.4. The van der Waals surface area contributed by atoms with Gasteiger partial charge in [-0.25, -0.2) is 29.9 Å². The van der Waals surface area contributed by atoms with E-state index < -0.39 is 0 Å². The molecule has 6 nitrogen and oxygen atoms in total.